The average molecular weight is 530 g/mol. The highest BCUT2D eigenvalue weighted by Crippen LogP contribution is 2.33. The van der Waals surface area contributed by atoms with Crippen LogP contribution in [0, 0.1) is 5.41 Å². The Kier molecular flexibility index (Phi) is 9.06. The van der Waals surface area contributed by atoms with Crippen LogP contribution < -0.4 is 31.4 Å². The minimum absolute atomic E-state index is 0.0892. The quantitative estimate of drug-likeness (QED) is 0.128. The summed E-state index contributed by atoms with van der Waals surface area (Å²) in [5.41, 5.74) is 11.8. The second-order valence-corrected chi connectivity index (χ2v) is 8.56. The molecule has 0 aliphatic carbocycles. The molecule has 0 aliphatic heterocycles. The lowest BCUT2D eigenvalue weighted by Crippen LogP contribution is -2.37. The summed E-state index contributed by atoms with van der Waals surface area (Å²) in [5.74, 6) is 0.383. The SMILES string of the molecule is CCOc1cc(C(Nc2ccc(C(=N)N)cc2)C(=O)NNc2ccc(C(F)(F)F)cc2)ccc1OC(C)C. The number of amides is 1. The van der Waals surface area contributed by atoms with Gasteiger partial charge in [-0.2, -0.15) is 13.2 Å². The third kappa shape index (κ3) is 7.55. The van der Waals surface area contributed by atoms with Gasteiger partial charge in [-0.1, -0.05) is 6.07 Å². The van der Waals surface area contributed by atoms with Gasteiger partial charge in [0, 0.05) is 11.3 Å². The van der Waals surface area contributed by atoms with E-state index in [2.05, 4.69) is 16.2 Å². The molecular weight excluding hydrogens is 499 g/mol. The molecule has 6 N–H and O–H groups in total. The highest BCUT2D eigenvalue weighted by atomic mass is 19.4. The third-order valence-corrected chi connectivity index (χ3v) is 5.27. The molecule has 0 spiro atoms. The number of nitrogens with one attached hydrogen (secondary N) is 4. The number of nitrogen functional groups attached to an aromatic ring is 1. The smallest absolute Gasteiger partial charge is 0.416 e. The number of anilines is 2. The van der Waals surface area contributed by atoms with Crippen molar-refractivity contribution in [3.8, 4) is 11.5 Å². The van der Waals surface area contributed by atoms with Gasteiger partial charge in [-0.15, -0.1) is 0 Å². The number of ether oxygens (including phenoxy) is 2. The highest BCUT2D eigenvalue weighted by molar-refractivity contribution is 5.95. The van der Waals surface area contributed by atoms with Crippen LogP contribution in [0.25, 0.3) is 0 Å². The predicted molar refractivity (Wildman–Crippen MR) is 140 cm³/mol. The molecule has 3 aromatic rings. The van der Waals surface area contributed by atoms with Crippen LogP contribution in [0.3, 0.4) is 0 Å². The van der Waals surface area contributed by atoms with Crippen molar-refractivity contribution in [2.75, 3.05) is 17.3 Å². The molecule has 8 nitrogen and oxygen atoms in total. The minimum atomic E-state index is -4.46. The van der Waals surface area contributed by atoms with Crippen LogP contribution in [-0.4, -0.2) is 24.5 Å². The second-order valence-electron chi connectivity index (χ2n) is 8.56. The van der Waals surface area contributed by atoms with E-state index >= 15 is 0 Å². The summed E-state index contributed by atoms with van der Waals surface area (Å²) in [5, 5.41) is 10.7. The number of hydrazine groups is 1. The maximum absolute atomic E-state index is 13.3. The van der Waals surface area contributed by atoms with E-state index in [4.69, 9.17) is 20.6 Å². The number of benzene rings is 3. The van der Waals surface area contributed by atoms with Gasteiger partial charge in [-0.3, -0.25) is 21.1 Å². The van der Waals surface area contributed by atoms with E-state index in [9.17, 15) is 18.0 Å². The van der Waals surface area contributed by atoms with Gasteiger partial charge >= 0.3 is 6.18 Å². The minimum Gasteiger partial charge on any atom is -0.490 e. The Balaban J connectivity index is 1.88. The van der Waals surface area contributed by atoms with E-state index in [0.29, 0.717) is 34.9 Å². The standard InChI is InChI=1S/C27H30F3N5O3/c1-4-37-23-15-18(7-14-22(23)38-16(2)3)24(33-20-10-5-17(6-11-20)25(31)32)26(36)35-34-21-12-8-19(9-13-21)27(28,29)30/h5-16,24,33-34H,4H2,1-3H3,(H3,31,32)(H,35,36). The van der Waals surface area contributed by atoms with Gasteiger partial charge in [0.05, 0.1) is 24.0 Å². The fraction of sp³-hybridized carbons (Fsp3) is 0.259. The van der Waals surface area contributed by atoms with Crippen LogP contribution in [0.4, 0.5) is 24.5 Å². The number of amidine groups is 1. The molecule has 202 valence electrons. The first-order valence-electron chi connectivity index (χ1n) is 11.9. The number of halogens is 3. The molecule has 3 aromatic carbocycles. The van der Waals surface area contributed by atoms with Crippen molar-refractivity contribution in [2.45, 2.75) is 39.1 Å². The molecule has 0 bridgehead atoms. The highest BCUT2D eigenvalue weighted by Gasteiger charge is 2.30. The fourth-order valence-corrected chi connectivity index (χ4v) is 3.49. The summed E-state index contributed by atoms with van der Waals surface area (Å²) in [6.07, 6.45) is -4.55. The maximum Gasteiger partial charge on any atom is 0.416 e. The molecule has 1 unspecified atom stereocenters. The molecule has 38 heavy (non-hydrogen) atoms. The summed E-state index contributed by atoms with van der Waals surface area (Å²) in [7, 11) is 0. The lowest BCUT2D eigenvalue weighted by Gasteiger charge is -2.22. The number of hydrogen-bond donors (Lipinski definition) is 5. The van der Waals surface area contributed by atoms with E-state index in [-0.39, 0.29) is 17.6 Å². The Morgan fingerprint density at radius 2 is 1.61 bits per heavy atom. The molecule has 1 atom stereocenters. The number of carbonyl (C=O) groups excluding carboxylic acids is 1. The molecule has 0 fully saturated rings. The van der Waals surface area contributed by atoms with Gasteiger partial charge in [0.1, 0.15) is 11.9 Å². The Labute approximate surface area is 218 Å². The second kappa shape index (κ2) is 12.2. The zero-order valence-electron chi connectivity index (χ0n) is 21.1. The van der Waals surface area contributed by atoms with E-state index in [1.807, 2.05) is 20.8 Å². The Hall–Kier alpha value is -4.41. The molecule has 0 saturated carbocycles. The van der Waals surface area contributed by atoms with Crippen molar-refractivity contribution in [3.63, 3.8) is 0 Å². The first-order valence-corrected chi connectivity index (χ1v) is 11.9. The van der Waals surface area contributed by atoms with Crippen molar-refractivity contribution in [3.05, 3.63) is 83.4 Å². The van der Waals surface area contributed by atoms with Gasteiger partial charge in [-0.25, -0.2) is 0 Å². The lowest BCUT2D eigenvalue weighted by atomic mass is 10.0. The molecule has 11 heteroatoms. The zero-order valence-corrected chi connectivity index (χ0v) is 21.1. The number of nitrogens with two attached hydrogens (primary N) is 1. The summed E-state index contributed by atoms with van der Waals surface area (Å²) in [6, 6.07) is 15.1. The van der Waals surface area contributed by atoms with Crippen molar-refractivity contribution in [1.29, 1.82) is 5.41 Å². The van der Waals surface area contributed by atoms with Crippen LogP contribution in [0.5, 0.6) is 11.5 Å². The first-order chi connectivity index (χ1) is 18.0. The van der Waals surface area contributed by atoms with Gasteiger partial charge in [-0.05, 0) is 87.0 Å². The number of hydrogen-bond acceptors (Lipinski definition) is 6. The van der Waals surface area contributed by atoms with E-state index < -0.39 is 23.7 Å². The van der Waals surface area contributed by atoms with Gasteiger partial charge in [0.15, 0.2) is 11.5 Å². The summed E-state index contributed by atoms with van der Waals surface area (Å²) in [4.78, 5) is 13.3. The molecule has 0 aliphatic rings. The van der Waals surface area contributed by atoms with Crippen LogP contribution in [0.2, 0.25) is 0 Å². The summed E-state index contributed by atoms with van der Waals surface area (Å²) < 4.78 is 50.1. The lowest BCUT2D eigenvalue weighted by molar-refractivity contribution is -0.137. The predicted octanol–water partition coefficient (Wildman–Crippen LogP) is 5.47. The van der Waals surface area contributed by atoms with Crippen molar-refractivity contribution in [2.24, 2.45) is 5.73 Å². The zero-order chi connectivity index (χ0) is 27.9. The van der Waals surface area contributed by atoms with Gasteiger partial charge in [0.25, 0.3) is 5.91 Å². The van der Waals surface area contributed by atoms with Gasteiger partial charge in [0.2, 0.25) is 0 Å². The van der Waals surface area contributed by atoms with Crippen molar-refractivity contribution in [1.82, 2.24) is 5.43 Å². The van der Waals surface area contributed by atoms with E-state index in [1.165, 1.54) is 12.1 Å². The van der Waals surface area contributed by atoms with E-state index in [0.717, 1.165) is 12.1 Å². The molecule has 1 amide bonds. The maximum atomic E-state index is 13.3. The molecule has 0 radical (unpaired) electrons. The van der Waals surface area contributed by atoms with E-state index in [1.54, 1.807) is 42.5 Å². The molecule has 0 aromatic heterocycles. The van der Waals surface area contributed by atoms with Crippen molar-refractivity contribution >= 4 is 23.1 Å². The number of alkyl halides is 3. The Morgan fingerprint density at radius 1 is 0.974 bits per heavy atom. The van der Waals surface area contributed by atoms with Crippen LogP contribution in [0.1, 0.15) is 43.5 Å². The number of rotatable bonds is 11. The monoisotopic (exact) mass is 529 g/mol. The average Bonchev–Trinajstić information content (AvgIpc) is 2.87. The summed E-state index contributed by atoms with van der Waals surface area (Å²) >= 11 is 0. The number of carbonyl (C=O) groups is 1. The molecule has 3 rings (SSSR count). The Bertz CT molecular complexity index is 1250. The fourth-order valence-electron chi connectivity index (χ4n) is 3.49. The summed E-state index contributed by atoms with van der Waals surface area (Å²) in [6.45, 7) is 5.99. The van der Waals surface area contributed by atoms with Crippen LogP contribution in [-0.2, 0) is 11.0 Å². The normalized spacial score (nSPS) is 12.0. The Morgan fingerprint density at radius 3 is 2.16 bits per heavy atom. The molecule has 0 heterocycles. The van der Waals surface area contributed by atoms with Crippen molar-refractivity contribution < 1.29 is 27.4 Å². The molecule has 0 saturated heterocycles. The van der Waals surface area contributed by atoms with Crippen LogP contribution in [0.15, 0.2) is 66.7 Å². The van der Waals surface area contributed by atoms with Gasteiger partial charge < -0.3 is 20.5 Å². The van der Waals surface area contributed by atoms with Crippen LogP contribution >= 0.6 is 0 Å². The first kappa shape index (κ1) is 28.2. The molecular formula is C27H30F3N5O3. The topological polar surface area (TPSA) is 121 Å². The largest absolute Gasteiger partial charge is 0.490 e. The third-order valence-electron chi connectivity index (χ3n) is 5.27.